The van der Waals surface area contributed by atoms with Crippen molar-refractivity contribution in [2.45, 2.75) is 0 Å². The summed E-state index contributed by atoms with van der Waals surface area (Å²) in [6.45, 7) is 0. The lowest BCUT2D eigenvalue weighted by Gasteiger charge is -1.98. The van der Waals surface area contributed by atoms with Gasteiger partial charge in [-0.1, -0.05) is 29.8 Å². The molecule has 17 heavy (non-hydrogen) atoms. The molecule has 0 bridgehead atoms. The van der Waals surface area contributed by atoms with Crippen LogP contribution in [0.5, 0.6) is 0 Å². The zero-order chi connectivity index (χ0) is 11.8. The highest BCUT2D eigenvalue weighted by molar-refractivity contribution is 6.50. The van der Waals surface area contributed by atoms with Gasteiger partial charge in [0, 0.05) is 17.0 Å². The number of furan rings is 1. The number of fused-ring (bicyclic) bond motifs is 3. The lowest BCUT2D eigenvalue weighted by Crippen LogP contribution is -1.80. The summed E-state index contributed by atoms with van der Waals surface area (Å²) in [6, 6.07) is 4.45. The monoisotopic (exact) mass is 246 g/mol. The van der Waals surface area contributed by atoms with E-state index in [0.717, 1.165) is 10.9 Å². The zero-order valence-corrected chi connectivity index (χ0v) is 9.54. The SMILES string of the molecule is Fc1ccc2c3c(oc2c1)C=CC=CC=C3Cl. The van der Waals surface area contributed by atoms with E-state index >= 15 is 0 Å². The Bertz CT molecular complexity index is 677. The second-order valence-corrected chi connectivity index (χ2v) is 4.15. The van der Waals surface area contributed by atoms with E-state index < -0.39 is 0 Å². The van der Waals surface area contributed by atoms with Crippen LogP contribution in [-0.2, 0) is 0 Å². The van der Waals surface area contributed by atoms with E-state index in [-0.39, 0.29) is 5.82 Å². The van der Waals surface area contributed by atoms with Crippen LogP contribution in [0.15, 0.2) is 46.9 Å². The average molecular weight is 247 g/mol. The second kappa shape index (κ2) is 3.90. The van der Waals surface area contributed by atoms with Gasteiger partial charge in [-0.15, -0.1) is 0 Å². The van der Waals surface area contributed by atoms with E-state index in [9.17, 15) is 4.39 Å². The third-order valence-electron chi connectivity index (χ3n) is 2.63. The summed E-state index contributed by atoms with van der Waals surface area (Å²) in [5, 5.41) is 1.41. The van der Waals surface area contributed by atoms with Crippen molar-refractivity contribution in [3.05, 3.63) is 59.6 Å². The first-order chi connectivity index (χ1) is 8.25. The van der Waals surface area contributed by atoms with E-state index in [1.807, 2.05) is 24.3 Å². The summed E-state index contributed by atoms with van der Waals surface area (Å²) >= 11 is 6.21. The number of allylic oxidation sites excluding steroid dienone is 4. The number of benzene rings is 1. The molecule has 1 aliphatic carbocycles. The summed E-state index contributed by atoms with van der Waals surface area (Å²) in [7, 11) is 0. The second-order valence-electron chi connectivity index (χ2n) is 3.74. The molecule has 0 spiro atoms. The molecule has 1 nitrogen and oxygen atoms in total. The lowest BCUT2D eigenvalue weighted by atomic mass is 10.1. The van der Waals surface area contributed by atoms with Gasteiger partial charge in [0.1, 0.15) is 17.2 Å². The highest BCUT2D eigenvalue weighted by atomic mass is 35.5. The van der Waals surface area contributed by atoms with Crippen LogP contribution in [0.2, 0.25) is 0 Å². The van der Waals surface area contributed by atoms with Crippen LogP contribution in [0.4, 0.5) is 4.39 Å². The van der Waals surface area contributed by atoms with Gasteiger partial charge < -0.3 is 4.42 Å². The molecule has 0 fully saturated rings. The van der Waals surface area contributed by atoms with Gasteiger partial charge in [-0.3, -0.25) is 0 Å². The molecule has 0 atom stereocenters. The Morgan fingerprint density at radius 1 is 1.12 bits per heavy atom. The normalized spacial score (nSPS) is 14.4. The molecule has 1 aromatic carbocycles. The van der Waals surface area contributed by atoms with Gasteiger partial charge >= 0.3 is 0 Å². The third-order valence-corrected chi connectivity index (χ3v) is 2.95. The molecule has 1 aliphatic rings. The Labute approximate surface area is 102 Å². The molecule has 1 heterocycles. The Hall–Kier alpha value is -1.80. The number of rotatable bonds is 0. The minimum absolute atomic E-state index is 0.318. The predicted octanol–water partition coefficient (Wildman–Crippen LogP) is 4.73. The van der Waals surface area contributed by atoms with Crippen molar-refractivity contribution in [1.29, 1.82) is 0 Å². The molecule has 0 radical (unpaired) electrons. The van der Waals surface area contributed by atoms with Crippen molar-refractivity contribution in [2.75, 3.05) is 0 Å². The van der Waals surface area contributed by atoms with Gasteiger partial charge in [0.25, 0.3) is 0 Å². The van der Waals surface area contributed by atoms with Gasteiger partial charge in [0.2, 0.25) is 0 Å². The fourth-order valence-corrected chi connectivity index (χ4v) is 2.15. The largest absolute Gasteiger partial charge is 0.456 e. The Morgan fingerprint density at radius 3 is 2.88 bits per heavy atom. The van der Waals surface area contributed by atoms with E-state index in [4.69, 9.17) is 16.0 Å². The molecule has 1 aromatic heterocycles. The number of halogens is 2. The molecule has 0 saturated carbocycles. The molecular formula is C14H8ClFO. The summed E-state index contributed by atoms with van der Waals surface area (Å²) in [6.07, 6.45) is 9.18. The highest BCUT2D eigenvalue weighted by Crippen LogP contribution is 2.35. The van der Waals surface area contributed by atoms with Gasteiger partial charge in [-0.05, 0) is 24.3 Å². The molecule has 0 N–H and O–H groups in total. The van der Waals surface area contributed by atoms with Crippen LogP contribution in [0.25, 0.3) is 22.1 Å². The fourth-order valence-electron chi connectivity index (χ4n) is 1.88. The smallest absolute Gasteiger partial charge is 0.138 e. The lowest BCUT2D eigenvalue weighted by molar-refractivity contribution is 0.590. The molecule has 0 saturated heterocycles. The van der Waals surface area contributed by atoms with E-state index in [1.165, 1.54) is 12.1 Å². The maximum Gasteiger partial charge on any atom is 0.138 e. The molecule has 2 aromatic rings. The molecule has 0 unspecified atom stereocenters. The van der Waals surface area contributed by atoms with Crippen molar-refractivity contribution >= 4 is 33.7 Å². The number of hydrogen-bond acceptors (Lipinski definition) is 1. The Balaban J connectivity index is 2.38. The summed E-state index contributed by atoms with van der Waals surface area (Å²) < 4.78 is 18.7. The minimum Gasteiger partial charge on any atom is -0.456 e. The van der Waals surface area contributed by atoms with Crippen LogP contribution >= 0.6 is 11.6 Å². The van der Waals surface area contributed by atoms with Gasteiger partial charge in [0.15, 0.2) is 0 Å². The first-order valence-corrected chi connectivity index (χ1v) is 5.56. The van der Waals surface area contributed by atoms with Crippen molar-refractivity contribution in [3.63, 3.8) is 0 Å². The fraction of sp³-hybridized carbons (Fsp3) is 0. The Morgan fingerprint density at radius 2 is 2.00 bits per heavy atom. The van der Waals surface area contributed by atoms with Crippen LogP contribution in [0, 0.1) is 5.82 Å². The topological polar surface area (TPSA) is 13.1 Å². The highest BCUT2D eigenvalue weighted by Gasteiger charge is 2.15. The molecular weight excluding hydrogens is 239 g/mol. The number of hydrogen-bond donors (Lipinski definition) is 0. The Kier molecular flexibility index (Phi) is 2.37. The summed E-state index contributed by atoms with van der Waals surface area (Å²) in [5.41, 5.74) is 1.32. The van der Waals surface area contributed by atoms with Gasteiger partial charge in [-0.2, -0.15) is 0 Å². The molecule has 0 aliphatic heterocycles. The maximum atomic E-state index is 13.1. The first kappa shape index (κ1) is 10.4. The maximum absolute atomic E-state index is 13.1. The molecule has 84 valence electrons. The first-order valence-electron chi connectivity index (χ1n) is 5.18. The van der Waals surface area contributed by atoms with Crippen molar-refractivity contribution < 1.29 is 8.81 Å². The van der Waals surface area contributed by atoms with Crippen LogP contribution in [0.3, 0.4) is 0 Å². The van der Waals surface area contributed by atoms with Gasteiger partial charge in [0.05, 0.1) is 5.03 Å². The summed E-state index contributed by atoms with van der Waals surface area (Å²) in [4.78, 5) is 0. The van der Waals surface area contributed by atoms with E-state index in [1.54, 1.807) is 12.1 Å². The zero-order valence-electron chi connectivity index (χ0n) is 8.78. The minimum atomic E-state index is -0.318. The van der Waals surface area contributed by atoms with Gasteiger partial charge in [-0.25, -0.2) is 4.39 Å². The molecule has 3 rings (SSSR count). The van der Waals surface area contributed by atoms with Crippen LogP contribution in [0.1, 0.15) is 11.3 Å². The quantitative estimate of drug-likeness (QED) is 0.655. The van der Waals surface area contributed by atoms with Crippen molar-refractivity contribution in [3.8, 4) is 0 Å². The van der Waals surface area contributed by atoms with Crippen molar-refractivity contribution in [2.24, 2.45) is 0 Å². The van der Waals surface area contributed by atoms with E-state index in [0.29, 0.717) is 16.4 Å². The standard InChI is InChI=1S/C14H8ClFO/c15-11-4-2-1-3-5-12-14(11)10-7-6-9(16)8-13(10)17-12/h1-8H. The summed E-state index contributed by atoms with van der Waals surface area (Å²) in [5.74, 6) is 0.331. The van der Waals surface area contributed by atoms with Crippen molar-refractivity contribution in [1.82, 2.24) is 0 Å². The van der Waals surface area contributed by atoms with Crippen LogP contribution in [-0.4, -0.2) is 0 Å². The van der Waals surface area contributed by atoms with Crippen LogP contribution < -0.4 is 0 Å². The predicted molar refractivity (Wildman–Crippen MR) is 68.2 cm³/mol. The molecule has 3 heteroatoms. The third kappa shape index (κ3) is 1.71. The average Bonchev–Trinajstić information content (AvgIpc) is 2.62. The molecule has 0 amide bonds. The van der Waals surface area contributed by atoms with E-state index in [2.05, 4.69) is 0 Å².